The number of carbonyl (C=O) groups is 1. The zero-order valence-electron chi connectivity index (χ0n) is 11.5. The highest BCUT2D eigenvalue weighted by Gasteiger charge is 2.07. The molecule has 0 atom stereocenters. The van der Waals surface area contributed by atoms with Crippen LogP contribution in [0.4, 0.5) is 0 Å². The van der Waals surface area contributed by atoms with E-state index >= 15 is 0 Å². The first-order valence-corrected chi connectivity index (χ1v) is 6.27. The molecule has 20 heavy (non-hydrogen) atoms. The summed E-state index contributed by atoms with van der Waals surface area (Å²) in [5.41, 5.74) is 1.16. The zero-order valence-corrected chi connectivity index (χ0v) is 11.5. The second-order valence-electron chi connectivity index (χ2n) is 4.29. The van der Waals surface area contributed by atoms with E-state index in [1.54, 1.807) is 6.92 Å². The first kappa shape index (κ1) is 14.0. The predicted octanol–water partition coefficient (Wildman–Crippen LogP) is 2.20. The van der Waals surface area contributed by atoms with Gasteiger partial charge in [-0.3, -0.25) is 4.79 Å². The van der Waals surface area contributed by atoms with E-state index in [2.05, 4.69) is 10.2 Å². The van der Waals surface area contributed by atoms with Crippen molar-refractivity contribution in [3.05, 3.63) is 41.6 Å². The SMILES string of the molecule is Cc1ccc(OCCC(=O)OCc2nnc(C)o2)cc1. The average molecular weight is 276 g/mol. The molecule has 0 aliphatic carbocycles. The van der Waals surface area contributed by atoms with Crippen LogP contribution in [-0.2, 0) is 16.1 Å². The molecular weight excluding hydrogens is 260 g/mol. The number of hydrogen-bond donors (Lipinski definition) is 0. The Labute approximate surface area is 116 Å². The Hall–Kier alpha value is -2.37. The van der Waals surface area contributed by atoms with Crippen molar-refractivity contribution in [3.8, 4) is 5.75 Å². The van der Waals surface area contributed by atoms with E-state index < -0.39 is 0 Å². The lowest BCUT2D eigenvalue weighted by Crippen LogP contribution is -2.10. The molecule has 106 valence electrons. The summed E-state index contributed by atoms with van der Waals surface area (Å²) in [6.07, 6.45) is 0.168. The Bertz CT molecular complexity index is 563. The molecule has 1 aromatic carbocycles. The van der Waals surface area contributed by atoms with Crippen LogP contribution >= 0.6 is 0 Å². The fraction of sp³-hybridized carbons (Fsp3) is 0.357. The van der Waals surface area contributed by atoms with Crippen molar-refractivity contribution in [1.82, 2.24) is 10.2 Å². The molecule has 0 bridgehead atoms. The number of carbonyl (C=O) groups excluding carboxylic acids is 1. The molecule has 6 heteroatoms. The third kappa shape index (κ3) is 4.38. The number of benzene rings is 1. The summed E-state index contributed by atoms with van der Waals surface area (Å²) in [4.78, 5) is 11.5. The molecule has 0 amide bonds. The van der Waals surface area contributed by atoms with Gasteiger partial charge in [0.2, 0.25) is 5.89 Å². The summed E-state index contributed by atoms with van der Waals surface area (Å²) >= 11 is 0. The standard InChI is InChI=1S/C14H16N2O4/c1-10-3-5-12(6-4-10)18-8-7-14(17)19-9-13-16-15-11(2)20-13/h3-6H,7-9H2,1-2H3. The van der Waals surface area contributed by atoms with Gasteiger partial charge in [-0.05, 0) is 19.1 Å². The second kappa shape index (κ2) is 6.70. The average Bonchev–Trinajstić information content (AvgIpc) is 2.85. The minimum Gasteiger partial charge on any atom is -0.493 e. The van der Waals surface area contributed by atoms with E-state index in [0.717, 1.165) is 11.3 Å². The monoisotopic (exact) mass is 276 g/mol. The maximum atomic E-state index is 11.5. The summed E-state index contributed by atoms with van der Waals surface area (Å²) in [7, 11) is 0. The van der Waals surface area contributed by atoms with Crippen molar-refractivity contribution in [3.63, 3.8) is 0 Å². The first-order chi connectivity index (χ1) is 9.63. The van der Waals surface area contributed by atoms with Crippen LogP contribution in [0.25, 0.3) is 0 Å². The van der Waals surface area contributed by atoms with Crippen molar-refractivity contribution >= 4 is 5.97 Å². The summed E-state index contributed by atoms with van der Waals surface area (Å²) in [5, 5.41) is 7.37. The van der Waals surface area contributed by atoms with Crippen molar-refractivity contribution < 1.29 is 18.7 Å². The Morgan fingerprint density at radius 2 is 1.95 bits per heavy atom. The molecule has 1 aromatic heterocycles. The predicted molar refractivity (Wildman–Crippen MR) is 70.1 cm³/mol. The Morgan fingerprint density at radius 3 is 2.60 bits per heavy atom. The molecule has 0 N–H and O–H groups in total. The zero-order chi connectivity index (χ0) is 14.4. The molecule has 0 unspecified atom stereocenters. The van der Waals surface area contributed by atoms with Gasteiger partial charge in [0.15, 0.2) is 6.61 Å². The van der Waals surface area contributed by atoms with Crippen LogP contribution in [0.2, 0.25) is 0 Å². The third-order valence-electron chi connectivity index (χ3n) is 2.52. The van der Waals surface area contributed by atoms with Crippen LogP contribution in [0.1, 0.15) is 23.8 Å². The number of aryl methyl sites for hydroxylation is 2. The van der Waals surface area contributed by atoms with Crippen LogP contribution in [-0.4, -0.2) is 22.8 Å². The topological polar surface area (TPSA) is 74.5 Å². The summed E-state index contributed by atoms with van der Waals surface area (Å²) in [6, 6.07) is 7.63. The van der Waals surface area contributed by atoms with Gasteiger partial charge in [-0.15, -0.1) is 10.2 Å². The van der Waals surface area contributed by atoms with Crippen LogP contribution in [0.3, 0.4) is 0 Å². The van der Waals surface area contributed by atoms with E-state index in [1.165, 1.54) is 0 Å². The van der Waals surface area contributed by atoms with Crippen molar-refractivity contribution in [2.45, 2.75) is 26.9 Å². The normalized spacial score (nSPS) is 10.3. The Morgan fingerprint density at radius 1 is 1.20 bits per heavy atom. The maximum Gasteiger partial charge on any atom is 0.309 e. The minimum atomic E-state index is -0.368. The molecule has 2 aromatic rings. The van der Waals surface area contributed by atoms with Crippen molar-refractivity contribution in [1.29, 1.82) is 0 Å². The van der Waals surface area contributed by atoms with Gasteiger partial charge in [-0.1, -0.05) is 17.7 Å². The summed E-state index contributed by atoms with van der Waals surface area (Å²) < 4.78 is 15.5. The highest BCUT2D eigenvalue weighted by Crippen LogP contribution is 2.11. The van der Waals surface area contributed by atoms with Gasteiger partial charge in [0, 0.05) is 6.92 Å². The smallest absolute Gasteiger partial charge is 0.309 e. The summed E-state index contributed by atoms with van der Waals surface area (Å²) in [5.74, 6) is 1.10. The summed E-state index contributed by atoms with van der Waals surface area (Å²) in [6.45, 7) is 3.93. The molecule has 0 spiro atoms. The van der Waals surface area contributed by atoms with Crippen molar-refractivity contribution in [2.75, 3.05) is 6.61 Å². The van der Waals surface area contributed by atoms with E-state index in [1.807, 2.05) is 31.2 Å². The van der Waals surface area contributed by atoms with Crippen LogP contribution in [0.15, 0.2) is 28.7 Å². The molecular formula is C14H16N2O4. The number of aromatic nitrogens is 2. The Kier molecular flexibility index (Phi) is 4.70. The maximum absolute atomic E-state index is 11.5. The van der Waals surface area contributed by atoms with E-state index in [0.29, 0.717) is 5.89 Å². The lowest BCUT2D eigenvalue weighted by molar-refractivity contribution is -0.146. The molecule has 6 nitrogen and oxygen atoms in total. The van der Waals surface area contributed by atoms with Gasteiger partial charge in [0.1, 0.15) is 5.75 Å². The number of ether oxygens (including phenoxy) is 2. The molecule has 1 heterocycles. The molecule has 0 aliphatic rings. The van der Waals surface area contributed by atoms with Crippen LogP contribution in [0, 0.1) is 13.8 Å². The number of hydrogen-bond acceptors (Lipinski definition) is 6. The number of rotatable bonds is 6. The van der Waals surface area contributed by atoms with Crippen LogP contribution in [0.5, 0.6) is 5.75 Å². The largest absolute Gasteiger partial charge is 0.493 e. The fourth-order valence-electron chi connectivity index (χ4n) is 1.50. The Balaban J connectivity index is 1.66. The van der Waals surface area contributed by atoms with Gasteiger partial charge in [-0.25, -0.2) is 0 Å². The molecule has 0 aliphatic heterocycles. The molecule has 0 saturated heterocycles. The lowest BCUT2D eigenvalue weighted by atomic mass is 10.2. The fourth-order valence-corrected chi connectivity index (χ4v) is 1.50. The number of esters is 1. The van der Waals surface area contributed by atoms with Crippen molar-refractivity contribution in [2.24, 2.45) is 0 Å². The molecule has 0 saturated carbocycles. The van der Waals surface area contributed by atoms with E-state index in [-0.39, 0.29) is 31.5 Å². The van der Waals surface area contributed by atoms with Gasteiger partial charge in [0.05, 0.1) is 13.0 Å². The minimum absolute atomic E-state index is 0.00972. The highest BCUT2D eigenvalue weighted by atomic mass is 16.5. The number of nitrogens with zero attached hydrogens (tertiary/aromatic N) is 2. The third-order valence-corrected chi connectivity index (χ3v) is 2.52. The molecule has 0 radical (unpaired) electrons. The lowest BCUT2D eigenvalue weighted by Gasteiger charge is -2.06. The molecule has 2 rings (SSSR count). The van der Waals surface area contributed by atoms with E-state index in [9.17, 15) is 4.79 Å². The van der Waals surface area contributed by atoms with Gasteiger partial charge in [-0.2, -0.15) is 0 Å². The highest BCUT2D eigenvalue weighted by molar-refractivity contribution is 5.69. The van der Waals surface area contributed by atoms with Crippen LogP contribution < -0.4 is 4.74 Å². The van der Waals surface area contributed by atoms with Gasteiger partial charge in [0.25, 0.3) is 5.89 Å². The molecule has 0 fully saturated rings. The second-order valence-corrected chi connectivity index (χ2v) is 4.29. The van der Waals surface area contributed by atoms with Gasteiger partial charge < -0.3 is 13.9 Å². The quantitative estimate of drug-likeness (QED) is 0.753. The van der Waals surface area contributed by atoms with E-state index in [4.69, 9.17) is 13.9 Å². The first-order valence-electron chi connectivity index (χ1n) is 6.27. The van der Waals surface area contributed by atoms with Gasteiger partial charge >= 0.3 is 5.97 Å².